The molecule has 1 saturated heterocycles. The van der Waals surface area contributed by atoms with Gasteiger partial charge in [0, 0.05) is 55.7 Å². The van der Waals surface area contributed by atoms with Crippen LogP contribution in [-0.4, -0.2) is 49.1 Å². The van der Waals surface area contributed by atoms with E-state index in [-0.39, 0.29) is 0 Å². The number of carbonyl (C=O) groups is 1. The van der Waals surface area contributed by atoms with Crippen LogP contribution in [0.25, 0.3) is 11.3 Å². The Balaban J connectivity index is 1.14. The molecule has 0 spiro atoms. The summed E-state index contributed by atoms with van der Waals surface area (Å²) in [7, 11) is 1.70. The Hall–Kier alpha value is -4.17. The molecule has 2 aromatic rings. The molecule has 3 aliphatic rings. The summed E-state index contributed by atoms with van der Waals surface area (Å²) >= 11 is 0. The van der Waals surface area contributed by atoms with Crippen molar-refractivity contribution < 1.29 is 9.53 Å². The molecule has 38 heavy (non-hydrogen) atoms. The molecule has 196 valence electrons. The first-order valence-corrected chi connectivity index (χ1v) is 13.1. The van der Waals surface area contributed by atoms with Gasteiger partial charge in [-0.15, -0.1) is 4.91 Å². The summed E-state index contributed by atoms with van der Waals surface area (Å²) < 4.78 is 5.27. The first-order valence-electron chi connectivity index (χ1n) is 13.1. The maximum absolute atomic E-state index is 11.7. The molecule has 8 nitrogen and oxygen atoms in total. The number of aromatic amines is 1. The van der Waals surface area contributed by atoms with Gasteiger partial charge in [0.25, 0.3) is 5.91 Å². The van der Waals surface area contributed by atoms with Gasteiger partial charge in [-0.3, -0.25) is 9.69 Å². The van der Waals surface area contributed by atoms with E-state index in [4.69, 9.17) is 4.74 Å². The summed E-state index contributed by atoms with van der Waals surface area (Å²) in [6.45, 7) is 5.04. The summed E-state index contributed by atoms with van der Waals surface area (Å²) in [5.41, 5.74) is 9.95. The van der Waals surface area contributed by atoms with Gasteiger partial charge >= 0.3 is 0 Å². The number of hydrogen-bond donors (Lipinski definition) is 2. The quantitative estimate of drug-likeness (QED) is 0.230. The summed E-state index contributed by atoms with van der Waals surface area (Å²) in [4.78, 5) is 30.4. The molecule has 0 saturated carbocycles. The number of piperazine rings is 1. The lowest BCUT2D eigenvalue weighted by Gasteiger charge is -2.37. The molecule has 2 N–H and O–H groups in total. The van der Waals surface area contributed by atoms with Crippen LogP contribution < -0.4 is 15.1 Å². The Bertz CT molecular complexity index is 1320. The molecule has 8 heteroatoms. The Labute approximate surface area is 222 Å². The largest absolute Gasteiger partial charge is 0.497 e. The van der Waals surface area contributed by atoms with Crippen LogP contribution in [0.15, 0.2) is 78.2 Å². The molecule has 0 radical (unpaired) electrons. The van der Waals surface area contributed by atoms with Crippen LogP contribution in [-0.2, 0) is 19.4 Å². The lowest BCUT2D eigenvalue weighted by molar-refractivity contribution is 0.0954. The first-order chi connectivity index (χ1) is 18.6. The Morgan fingerprint density at radius 3 is 2.37 bits per heavy atom. The minimum absolute atomic E-state index is 0.430. The minimum Gasteiger partial charge on any atom is -0.497 e. The number of benzene rings is 2. The van der Waals surface area contributed by atoms with E-state index in [1.54, 1.807) is 19.2 Å². The van der Waals surface area contributed by atoms with Gasteiger partial charge in [-0.25, -0.2) is 5.43 Å². The van der Waals surface area contributed by atoms with Crippen molar-refractivity contribution in [1.29, 1.82) is 0 Å². The number of pyridine rings is 1. The van der Waals surface area contributed by atoms with Gasteiger partial charge in [0.05, 0.1) is 18.1 Å². The number of aryl methyl sites for hydroxylation is 2. The van der Waals surface area contributed by atoms with Crippen LogP contribution in [0.3, 0.4) is 0 Å². The van der Waals surface area contributed by atoms with Crippen molar-refractivity contribution in [1.82, 2.24) is 15.3 Å². The van der Waals surface area contributed by atoms with Crippen molar-refractivity contribution in [2.24, 2.45) is 5.29 Å². The number of amides is 1. The van der Waals surface area contributed by atoms with Gasteiger partial charge in [0.15, 0.2) is 0 Å². The van der Waals surface area contributed by atoms with Crippen molar-refractivity contribution in [2.75, 3.05) is 38.2 Å². The molecule has 1 fully saturated rings. The average Bonchev–Trinajstić information content (AvgIpc) is 3.38. The van der Waals surface area contributed by atoms with Crippen LogP contribution in [0, 0.1) is 4.91 Å². The fourth-order valence-electron chi connectivity index (χ4n) is 5.23. The number of H-pyrrole nitrogens is 1. The van der Waals surface area contributed by atoms with E-state index in [9.17, 15) is 9.70 Å². The first kappa shape index (κ1) is 25.5. The van der Waals surface area contributed by atoms with Crippen LogP contribution in [0.1, 0.15) is 33.5 Å². The monoisotopic (exact) mass is 511 g/mol. The zero-order valence-corrected chi connectivity index (χ0v) is 21.7. The summed E-state index contributed by atoms with van der Waals surface area (Å²) in [5, 5.41) is 2.44. The average molecular weight is 512 g/mol. The smallest absolute Gasteiger partial charge is 0.273 e. The Kier molecular flexibility index (Phi) is 7.99. The zero-order valence-electron chi connectivity index (χ0n) is 21.7. The molecule has 2 heterocycles. The molecule has 5 rings (SSSR count). The molecule has 1 aliphatic carbocycles. The van der Waals surface area contributed by atoms with Gasteiger partial charge in [-0.05, 0) is 66.3 Å². The number of ether oxygens (including phenoxy) is 1. The third-order valence-electron chi connectivity index (χ3n) is 7.34. The summed E-state index contributed by atoms with van der Waals surface area (Å²) in [6.07, 6.45) is 4.94. The normalized spacial score (nSPS) is 14.0. The number of carbonyl (C=O) groups excluding carboxylic acids is 1. The summed E-state index contributed by atoms with van der Waals surface area (Å²) in [6, 6.07) is 22.4. The van der Waals surface area contributed by atoms with E-state index in [1.807, 2.05) is 29.7 Å². The van der Waals surface area contributed by atoms with Crippen LogP contribution in [0.4, 0.5) is 5.69 Å². The van der Waals surface area contributed by atoms with Gasteiger partial charge in [-0.1, -0.05) is 36.4 Å². The molecule has 2 aromatic carbocycles. The summed E-state index contributed by atoms with van der Waals surface area (Å²) in [5.74, 6) is 0.409. The molecular weight excluding hydrogens is 478 g/mol. The third kappa shape index (κ3) is 5.86. The Morgan fingerprint density at radius 1 is 0.921 bits per heavy atom. The van der Waals surface area contributed by atoms with E-state index < -0.39 is 5.91 Å². The van der Waals surface area contributed by atoms with Gasteiger partial charge in [-0.2, -0.15) is 0 Å². The molecule has 0 atom stereocenters. The van der Waals surface area contributed by atoms with Gasteiger partial charge in [0.2, 0.25) is 0 Å². The maximum Gasteiger partial charge on any atom is 0.273 e. The highest BCUT2D eigenvalue weighted by Gasteiger charge is 2.22. The molecule has 1 amide bonds. The van der Waals surface area contributed by atoms with E-state index in [1.165, 1.54) is 28.1 Å². The fraction of sp³-hybridized carbons (Fsp3) is 0.300. The van der Waals surface area contributed by atoms with E-state index in [0.717, 1.165) is 63.3 Å². The second kappa shape index (κ2) is 11.9. The third-order valence-corrected chi connectivity index (χ3v) is 7.34. The number of nitrogens with one attached hydrogen (secondary N) is 2. The molecule has 0 bridgehead atoms. The number of nitrogens with zero attached hydrogens (tertiary/aromatic N) is 3. The highest BCUT2D eigenvalue weighted by molar-refractivity contribution is 5.93. The highest BCUT2D eigenvalue weighted by Crippen LogP contribution is 2.36. The zero-order chi connectivity index (χ0) is 26.3. The van der Waals surface area contributed by atoms with Crippen LogP contribution >= 0.6 is 0 Å². The standard InChI is InChI=1S/C30H33N5O3/c1-38-26-12-7-23(8-13-26)21-34-17-19-35(20-18-34)28-15-16-31-29-24(11-14-27(28)29)4-2-3-22-5-9-25(10-6-22)30(36)32-33-37/h5-16,31H,2-4,17-21H2,1H3,(H,32,36,37). The minimum atomic E-state index is -0.486. The fourth-order valence-corrected chi connectivity index (χ4v) is 5.23. The van der Waals surface area contributed by atoms with Crippen molar-refractivity contribution in [3.05, 3.63) is 100 Å². The van der Waals surface area contributed by atoms with E-state index >= 15 is 0 Å². The highest BCUT2D eigenvalue weighted by atomic mass is 16.5. The van der Waals surface area contributed by atoms with Crippen molar-refractivity contribution in [3.8, 4) is 17.0 Å². The number of aromatic nitrogens is 1. The molecule has 0 unspecified atom stereocenters. The lowest BCUT2D eigenvalue weighted by atomic mass is 10.0. The number of rotatable bonds is 10. The lowest BCUT2D eigenvalue weighted by Crippen LogP contribution is -2.46. The second-order valence-corrected chi connectivity index (χ2v) is 9.70. The van der Waals surface area contributed by atoms with Gasteiger partial charge in [0.1, 0.15) is 5.75 Å². The maximum atomic E-state index is 11.7. The van der Waals surface area contributed by atoms with Crippen molar-refractivity contribution in [3.63, 3.8) is 0 Å². The predicted molar refractivity (Wildman–Crippen MR) is 150 cm³/mol. The van der Waals surface area contributed by atoms with E-state index in [2.05, 4.69) is 56.6 Å². The number of nitroso groups, excluding NO2 is 1. The topological polar surface area (TPSA) is 90.0 Å². The predicted octanol–water partition coefficient (Wildman–Crippen LogP) is 5.04. The van der Waals surface area contributed by atoms with Gasteiger partial charge < -0.3 is 14.6 Å². The second-order valence-electron chi connectivity index (χ2n) is 9.70. The number of methoxy groups -OCH3 is 1. The number of fused-ring (bicyclic) bond motifs is 1. The van der Waals surface area contributed by atoms with Crippen molar-refractivity contribution >= 4 is 11.6 Å². The number of hydrogen-bond acceptors (Lipinski definition) is 6. The molecular formula is C30H33N5O3. The van der Waals surface area contributed by atoms with E-state index in [0.29, 0.717) is 5.56 Å². The molecule has 2 aliphatic heterocycles. The number of anilines is 1. The van der Waals surface area contributed by atoms with Crippen LogP contribution in [0.5, 0.6) is 5.75 Å². The molecule has 0 aromatic heterocycles. The Morgan fingerprint density at radius 2 is 1.66 bits per heavy atom. The SMILES string of the molecule is COc1ccc(CN2CCN(c3cc[nH]c4c(CCCc5ccc(C(=O)NN=O)cc5)ccc3-4)CC2)cc1. The van der Waals surface area contributed by atoms with Crippen molar-refractivity contribution in [2.45, 2.75) is 25.8 Å². The van der Waals surface area contributed by atoms with Crippen LogP contribution in [0.2, 0.25) is 0 Å².